The van der Waals surface area contributed by atoms with Crippen LogP contribution in [0, 0.1) is 18.6 Å². The molecule has 0 fully saturated rings. The number of hydrogen-bond donors (Lipinski definition) is 2. The lowest BCUT2D eigenvalue weighted by atomic mass is 10.3. The fraction of sp³-hybridized carbons (Fsp3) is 0.0769. The van der Waals surface area contributed by atoms with Gasteiger partial charge in [-0.05, 0) is 43.4 Å². The molecule has 0 spiro atoms. The maximum Gasteiger partial charge on any atom is 0.191 e. The average Bonchev–Trinajstić information content (AvgIpc) is 2.79. The second-order valence-electron chi connectivity index (χ2n) is 3.90. The number of aryl methyl sites for hydroxylation is 1. The predicted molar refractivity (Wildman–Crippen MR) is 76.8 cm³/mol. The van der Waals surface area contributed by atoms with Gasteiger partial charge in [0, 0.05) is 6.07 Å². The van der Waals surface area contributed by atoms with Gasteiger partial charge in [-0.3, -0.25) is 5.43 Å². The first-order valence-corrected chi connectivity index (χ1v) is 6.07. The molecule has 104 valence electrons. The lowest BCUT2D eigenvalue weighted by Gasteiger charge is -2.07. The highest BCUT2D eigenvalue weighted by Gasteiger charge is 2.04. The van der Waals surface area contributed by atoms with E-state index in [1.165, 1.54) is 12.3 Å². The van der Waals surface area contributed by atoms with Gasteiger partial charge in [0.1, 0.15) is 23.2 Å². The smallest absolute Gasteiger partial charge is 0.191 e. The van der Waals surface area contributed by atoms with Crippen molar-refractivity contribution in [3.05, 3.63) is 53.5 Å². The summed E-state index contributed by atoms with van der Waals surface area (Å²) in [5.41, 5.74) is 2.56. The van der Waals surface area contributed by atoms with Gasteiger partial charge >= 0.3 is 0 Å². The second-order valence-corrected chi connectivity index (χ2v) is 4.30. The van der Waals surface area contributed by atoms with E-state index >= 15 is 0 Å². The summed E-state index contributed by atoms with van der Waals surface area (Å²) in [5.74, 6) is -0.0655. The lowest BCUT2D eigenvalue weighted by molar-refractivity contribution is 0.527. The molecule has 0 aliphatic carbocycles. The van der Waals surface area contributed by atoms with Crippen LogP contribution in [0.15, 0.2) is 39.9 Å². The number of nitrogens with one attached hydrogen (secondary N) is 2. The standard InChI is InChI=1S/C13H11F2N3OS/c1-8-2-4-10(19-8)7-16-18-13(20)17-12-5-3-9(14)6-11(12)15/h2-7H,1H3,(H2,17,18,20)/b16-7+. The predicted octanol–water partition coefficient (Wildman–Crippen LogP) is 3.19. The Kier molecular flexibility index (Phi) is 4.41. The molecule has 1 aromatic carbocycles. The van der Waals surface area contributed by atoms with Gasteiger partial charge in [-0.15, -0.1) is 0 Å². The largest absolute Gasteiger partial charge is 0.460 e. The van der Waals surface area contributed by atoms with Gasteiger partial charge in [0.2, 0.25) is 0 Å². The van der Waals surface area contributed by atoms with Gasteiger partial charge in [0.15, 0.2) is 5.11 Å². The molecular weight excluding hydrogens is 284 g/mol. The number of nitrogens with zero attached hydrogens (tertiary/aromatic N) is 1. The molecule has 7 heteroatoms. The fourth-order valence-corrected chi connectivity index (χ4v) is 1.58. The molecule has 0 saturated carbocycles. The number of furan rings is 1. The second kappa shape index (κ2) is 6.25. The highest BCUT2D eigenvalue weighted by molar-refractivity contribution is 7.80. The first kappa shape index (κ1) is 14.1. The third kappa shape index (κ3) is 3.86. The molecule has 0 aliphatic rings. The van der Waals surface area contributed by atoms with Crippen molar-refractivity contribution in [2.24, 2.45) is 5.10 Å². The monoisotopic (exact) mass is 295 g/mol. The van der Waals surface area contributed by atoms with Crippen molar-refractivity contribution in [1.29, 1.82) is 0 Å². The van der Waals surface area contributed by atoms with E-state index in [9.17, 15) is 8.78 Å². The molecule has 1 aromatic heterocycles. The first-order valence-electron chi connectivity index (χ1n) is 5.66. The van der Waals surface area contributed by atoms with Crippen LogP contribution < -0.4 is 10.7 Å². The molecule has 0 saturated heterocycles. The van der Waals surface area contributed by atoms with Crippen molar-refractivity contribution >= 4 is 29.2 Å². The summed E-state index contributed by atoms with van der Waals surface area (Å²) in [4.78, 5) is 0. The van der Waals surface area contributed by atoms with Crippen molar-refractivity contribution in [3.63, 3.8) is 0 Å². The molecule has 20 heavy (non-hydrogen) atoms. The van der Waals surface area contributed by atoms with E-state index in [2.05, 4.69) is 15.8 Å². The van der Waals surface area contributed by atoms with E-state index in [4.69, 9.17) is 16.6 Å². The summed E-state index contributed by atoms with van der Waals surface area (Å²) < 4.78 is 31.3. The van der Waals surface area contributed by atoms with E-state index in [0.717, 1.165) is 17.9 Å². The Morgan fingerprint density at radius 2 is 2.10 bits per heavy atom. The lowest BCUT2D eigenvalue weighted by Crippen LogP contribution is -2.24. The molecule has 1 heterocycles. The minimum atomic E-state index is -0.736. The van der Waals surface area contributed by atoms with Gasteiger partial charge < -0.3 is 9.73 Å². The van der Waals surface area contributed by atoms with Crippen LogP contribution in [0.25, 0.3) is 0 Å². The number of halogens is 2. The Morgan fingerprint density at radius 3 is 2.75 bits per heavy atom. The molecule has 0 amide bonds. The maximum absolute atomic E-state index is 13.4. The Bertz CT molecular complexity index is 655. The van der Waals surface area contributed by atoms with E-state index in [1.54, 1.807) is 12.1 Å². The Morgan fingerprint density at radius 1 is 1.30 bits per heavy atom. The molecule has 0 unspecified atom stereocenters. The van der Waals surface area contributed by atoms with Crippen LogP contribution in [0.5, 0.6) is 0 Å². The number of thiocarbonyl (C=S) groups is 1. The topological polar surface area (TPSA) is 49.6 Å². The van der Waals surface area contributed by atoms with E-state index in [0.29, 0.717) is 5.76 Å². The fourth-order valence-electron chi connectivity index (χ4n) is 1.42. The molecular formula is C13H11F2N3OS. The molecule has 2 rings (SSSR count). The third-order valence-electron chi connectivity index (χ3n) is 2.30. The van der Waals surface area contributed by atoms with Crippen LogP contribution in [-0.4, -0.2) is 11.3 Å². The van der Waals surface area contributed by atoms with Gasteiger partial charge in [0.05, 0.1) is 11.9 Å². The van der Waals surface area contributed by atoms with Gasteiger partial charge in [-0.1, -0.05) is 0 Å². The van der Waals surface area contributed by atoms with Crippen LogP contribution in [-0.2, 0) is 0 Å². The van der Waals surface area contributed by atoms with E-state index in [-0.39, 0.29) is 10.8 Å². The SMILES string of the molecule is Cc1ccc(/C=N/NC(=S)Nc2ccc(F)cc2F)o1. The summed E-state index contributed by atoms with van der Waals surface area (Å²) in [6.45, 7) is 1.81. The third-order valence-corrected chi connectivity index (χ3v) is 2.49. The summed E-state index contributed by atoms with van der Waals surface area (Å²) in [5, 5.41) is 6.47. The van der Waals surface area contributed by atoms with Gasteiger partial charge in [-0.2, -0.15) is 5.10 Å². The summed E-state index contributed by atoms with van der Waals surface area (Å²) in [6, 6.07) is 6.68. The molecule has 0 aliphatic heterocycles. The van der Waals surface area contributed by atoms with Crippen molar-refractivity contribution in [1.82, 2.24) is 5.43 Å². The Balaban J connectivity index is 1.91. The molecule has 2 aromatic rings. The van der Waals surface area contributed by atoms with Crippen molar-refractivity contribution in [2.75, 3.05) is 5.32 Å². The van der Waals surface area contributed by atoms with Crippen LogP contribution >= 0.6 is 12.2 Å². The van der Waals surface area contributed by atoms with E-state index in [1.807, 2.05) is 6.92 Å². The van der Waals surface area contributed by atoms with Crippen molar-refractivity contribution < 1.29 is 13.2 Å². The zero-order valence-electron chi connectivity index (χ0n) is 10.5. The zero-order chi connectivity index (χ0) is 14.5. The Hall–Kier alpha value is -2.28. The zero-order valence-corrected chi connectivity index (χ0v) is 11.3. The van der Waals surface area contributed by atoms with Crippen LogP contribution in [0.2, 0.25) is 0 Å². The minimum absolute atomic E-state index is 0.0629. The summed E-state index contributed by atoms with van der Waals surface area (Å²) in [7, 11) is 0. The Labute approximate surface area is 119 Å². The summed E-state index contributed by atoms with van der Waals surface area (Å²) in [6.07, 6.45) is 1.43. The van der Waals surface area contributed by atoms with Crippen LogP contribution in [0.1, 0.15) is 11.5 Å². The number of benzene rings is 1. The van der Waals surface area contributed by atoms with Crippen molar-refractivity contribution in [2.45, 2.75) is 6.92 Å². The minimum Gasteiger partial charge on any atom is -0.460 e. The van der Waals surface area contributed by atoms with Gasteiger partial charge in [-0.25, -0.2) is 8.78 Å². The first-order chi connectivity index (χ1) is 9.54. The molecule has 2 N–H and O–H groups in total. The van der Waals surface area contributed by atoms with E-state index < -0.39 is 11.6 Å². The van der Waals surface area contributed by atoms with Crippen LogP contribution in [0.4, 0.5) is 14.5 Å². The maximum atomic E-state index is 13.4. The van der Waals surface area contributed by atoms with Crippen molar-refractivity contribution in [3.8, 4) is 0 Å². The summed E-state index contributed by atoms with van der Waals surface area (Å²) >= 11 is 4.92. The highest BCUT2D eigenvalue weighted by atomic mass is 32.1. The number of anilines is 1. The average molecular weight is 295 g/mol. The quantitative estimate of drug-likeness (QED) is 0.519. The number of rotatable bonds is 3. The number of hydrogen-bond acceptors (Lipinski definition) is 3. The molecule has 4 nitrogen and oxygen atoms in total. The molecule has 0 bridgehead atoms. The van der Waals surface area contributed by atoms with Crippen LogP contribution in [0.3, 0.4) is 0 Å². The highest BCUT2D eigenvalue weighted by Crippen LogP contribution is 2.14. The molecule has 0 atom stereocenters. The van der Waals surface area contributed by atoms with Gasteiger partial charge in [0.25, 0.3) is 0 Å². The normalized spacial score (nSPS) is 10.8. The molecule has 0 radical (unpaired) electrons. The number of hydrazone groups is 1.